The van der Waals surface area contributed by atoms with E-state index in [2.05, 4.69) is 18.3 Å². The van der Waals surface area contributed by atoms with Crippen LogP contribution in [0.5, 0.6) is 0 Å². The second-order valence-corrected chi connectivity index (χ2v) is 5.97. The lowest BCUT2D eigenvalue weighted by molar-refractivity contribution is -0.123. The van der Waals surface area contributed by atoms with Crippen molar-refractivity contribution in [3.8, 4) is 6.07 Å². The highest BCUT2D eigenvalue weighted by molar-refractivity contribution is 5.97. The van der Waals surface area contributed by atoms with Crippen molar-refractivity contribution in [2.24, 2.45) is 5.41 Å². The molecule has 1 N–H and O–H groups in total. The Hall–Kier alpha value is -1.82. The van der Waals surface area contributed by atoms with E-state index in [1.807, 2.05) is 24.3 Å². The molecule has 1 fully saturated rings. The van der Waals surface area contributed by atoms with Gasteiger partial charge in [-0.25, -0.2) is 0 Å². The van der Waals surface area contributed by atoms with Gasteiger partial charge in [0.2, 0.25) is 5.91 Å². The molecule has 0 aliphatic heterocycles. The highest BCUT2D eigenvalue weighted by Crippen LogP contribution is 2.36. The Kier molecular flexibility index (Phi) is 5.38. The Morgan fingerprint density at radius 1 is 1.24 bits per heavy atom. The zero-order valence-electron chi connectivity index (χ0n) is 12.8. The van der Waals surface area contributed by atoms with Gasteiger partial charge in [-0.1, -0.05) is 57.2 Å². The smallest absolute Gasteiger partial charge is 0.244 e. The standard InChI is InChI=1S/C18H24N2O/c1-2-9-15-10-5-6-11-16(15)20-17(21)18(14-19)12-7-3-4-8-13-18/h5-6,10-11H,2-4,7-9,12-13H2,1H3,(H,20,21). The van der Waals surface area contributed by atoms with Crippen LogP contribution in [0.4, 0.5) is 5.69 Å². The van der Waals surface area contributed by atoms with Crippen molar-refractivity contribution in [3.63, 3.8) is 0 Å². The third-order valence-corrected chi connectivity index (χ3v) is 4.39. The number of amides is 1. The molecule has 0 atom stereocenters. The number of anilines is 1. The van der Waals surface area contributed by atoms with E-state index in [1.54, 1.807) is 0 Å². The van der Waals surface area contributed by atoms with Gasteiger partial charge in [0.1, 0.15) is 5.41 Å². The van der Waals surface area contributed by atoms with Gasteiger partial charge in [-0.05, 0) is 30.9 Å². The van der Waals surface area contributed by atoms with E-state index in [-0.39, 0.29) is 5.91 Å². The third kappa shape index (κ3) is 3.64. The van der Waals surface area contributed by atoms with Gasteiger partial charge in [-0.3, -0.25) is 4.79 Å². The van der Waals surface area contributed by atoms with Crippen LogP contribution in [0.15, 0.2) is 24.3 Å². The van der Waals surface area contributed by atoms with Crippen LogP contribution in [0.25, 0.3) is 0 Å². The van der Waals surface area contributed by atoms with Gasteiger partial charge in [0.25, 0.3) is 0 Å². The highest BCUT2D eigenvalue weighted by Gasteiger charge is 2.39. The number of nitriles is 1. The predicted octanol–water partition coefficient (Wildman–Crippen LogP) is 4.44. The summed E-state index contributed by atoms with van der Waals surface area (Å²) in [5.41, 5.74) is 1.17. The van der Waals surface area contributed by atoms with Crippen molar-refractivity contribution >= 4 is 11.6 Å². The molecule has 21 heavy (non-hydrogen) atoms. The molecule has 1 aromatic carbocycles. The van der Waals surface area contributed by atoms with Crippen LogP contribution in [-0.2, 0) is 11.2 Å². The molecule has 1 aliphatic rings. The molecule has 1 amide bonds. The lowest BCUT2D eigenvalue weighted by atomic mass is 9.81. The number of hydrogen-bond acceptors (Lipinski definition) is 2. The average Bonchev–Trinajstić information content (AvgIpc) is 2.76. The van der Waals surface area contributed by atoms with Gasteiger partial charge in [0.05, 0.1) is 6.07 Å². The molecule has 1 saturated carbocycles. The minimum Gasteiger partial charge on any atom is -0.324 e. The van der Waals surface area contributed by atoms with Gasteiger partial charge >= 0.3 is 0 Å². The minimum absolute atomic E-state index is 0.115. The number of benzene rings is 1. The summed E-state index contributed by atoms with van der Waals surface area (Å²) in [6, 6.07) is 10.2. The Balaban J connectivity index is 2.18. The molecular formula is C18H24N2O. The Morgan fingerprint density at radius 3 is 2.52 bits per heavy atom. The zero-order chi connectivity index (χ0) is 15.1. The van der Waals surface area contributed by atoms with Crippen molar-refractivity contribution in [2.75, 3.05) is 5.32 Å². The zero-order valence-corrected chi connectivity index (χ0v) is 12.8. The summed E-state index contributed by atoms with van der Waals surface area (Å²) in [4.78, 5) is 12.7. The lowest BCUT2D eigenvalue weighted by Crippen LogP contribution is -2.34. The van der Waals surface area contributed by atoms with Crippen LogP contribution in [-0.4, -0.2) is 5.91 Å². The first kappa shape index (κ1) is 15.6. The van der Waals surface area contributed by atoms with Crippen LogP contribution in [0.2, 0.25) is 0 Å². The minimum atomic E-state index is -0.837. The van der Waals surface area contributed by atoms with Crippen molar-refractivity contribution in [3.05, 3.63) is 29.8 Å². The normalized spacial score (nSPS) is 17.5. The van der Waals surface area contributed by atoms with E-state index in [0.717, 1.165) is 49.8 Å². The van der Waals surface area contributed by atoms with E-state index >= 15 is 0 Å². The van der Waals surface area contributed by atoms with Crippen molar-refractivity contribution in [1.29, 1.82) is 5.26 Å². The van der Waals surface area contributed by atoms with Crippen LogP contribution in [0, 0.1) is 16.7 Å². The maximum atomic E-state index is 12.7. The molecule has 112 valence electrons. The van der Waals surface area contributed by atoms with Gasteiger partial charge < -0.3 is 5.32 Å². The highest BCUT2D eigenvalue weighted by atomic mass is 16.2. The van der Waals surface area contributed by atoms with Gasteiger partial charge in [-0.15, -0.1) is 0 Å². The van der Waals surface area contributed by atoms with Gasteiger partial charge in [0.15, 0.2) is 0 Å². The Labute approximate surface area is 127 Å². The fourth-order valence-electron chi connectivity index (χ4n) is 3.09. The van der Waals surface area contributed by atoms with Crippen LogP contribution in [0.1, 0.15) is 57.4 Å². The summed E-state index contributed by atoms with van der Waals surface area (Å²) in [5, 5.41) is 12.6. The number of nitrogens with zero attached hydrogens (tertiary/aromatic N) is 1. The molecule has 0 radical (unpaired) electrons. The number of para-hydroxylation sites is 1. The van der Waals surface area contributed by atoms with Crippen molar-refractivity contribution < 1.29 is 4.79 Å². The predicted molar refractivity (Wildman–Crippen MR) is 84.8 cm³/mol. The molecule has 0 heterocycles. The SMILES string of the molecule is CCCc1ccccc1NC(=O)C1(C#N)CCCCCC1. The molecule has 2 rings (SSSR count). The number of aryl methyl sites for hydroxylation is 1. The monoisotopic (exact) mass is 284 g/mol. The molecular weight excluding hydrogens is 260 g/mol. The van der Waals surface area contributed by atoms with E-state index in [9.17, 15) is 10.1 Å². The van der Waals surface area contributed by atoms with E-state index in [0.29, 0.717) is 12.8 Å². The Morgan fingerprint density at radius 2 is 1.90 bits per heavy atom. The van der Waals surface area contributed by atoms with Gasteiger partial charge in [0, 0.05) is 5.69 Å². The molecule has 0 bridgehead atoms. The largest absolute Gasteiger partial charge is 0.324 e. The first-order chi connectivity index (χ1) is 10.2. The topological polar surface area (TPSA) is 52.9 Å². The summed E-state index contributed by atoms with van der Waals surface area (Å²) in [6.45, 7) is 2.13. The number of rotatable bonds is 4. The number of nitrogens with one attached hydrogen (secondary N) is 1. The van der Waals surface area contributed by atoms with Crippen molar-refractivity contribution in [1.82, 2.24) is 0 Å². The van der Waals surface area contributed by atoms with Crippen LogP contribution in [0.3, 0.4) is 0 Å². The fourth-order valence-corrected chi connectivity index (χ4v) is 3.09. The first-order valence-corrected chi connectivity index (χ1v) is 8.02. The second kappa shape index (κ2) is 7.26. The lowest BCUT2D eigenvalue weighted by Gasteiger charge is -2.24. The molecule has 0 unspecified atom stereocenters. The van der Waals surface area contributed by atoms with E-state index in [1.165, 1.54) is 0 Å². The van der Waals surface area contributed by atoms with Crippen LogP contribution >= 0.6 is 0 Å². The molecule has 0 spiro atoms. The van der Waals surface area contributed by atoms with Gasteiger partial charge in [-0.2, -0.15) is 5.26 Å². The van der Waals surface area contributed by atoms with Crippen molar-refractivity contribution in [2.45, 2.75) is 58.3 Å². The summed E-state index contributed by atoms with van der Waals surface area (Å²) in [5.74, 6) is -0.115. The molecule has 1 aliphatic carbocycles. The first-order valence-electron chi connectivity index (χ1n) is 8.02. The average molecular weight is 284 g/mol. The summed E-state index contributed by atoms with van der Waals surface area (Å²) in [6.07, 6.45) is 7.55. The van der Waals surface area contributed by atoms with E-state index in [4.69, 9.17) is 0 Å². The molecule has 0 aromatic heterocycles. The Bertz CT molecular complexity index is 522. The second-order valence-electron chi connectivity index (χ2n) is 5.97. The molecule has 0 saturated heterocycles. The molecule has 3 heteroatoms. The number of hydrogen-bond donors (Lipinski definition) is 1. The third-order valence-electron chi connectivity index (χ3n) is 4.39. The summed E-state index contributed by atoms with van der Waals surface area (Å²) >= 11 is 0. The summed E-state index contributed by atoms with van der Waals surface area (Å²) in [7, 11) is 0. The maximum absolute atomic E-state index is 12.7. The number of carbonyl (C=O) groups is 1. The number of carbonyl (C=O) groups excluding carboxylic acids is 1. The molecule has 3 nitrogen and oxygen atoms in total. The fraction of sp³-hybridized carbons (Fsp3) is 0.556. The maximum Gasteiger partial charge on any atom is 0.244 e. The molecule has 1 aromatic rings. The quantitative estimate of drug-likeness (QED) is 0.831. The van der Waals surface area contributed by atoms with Crippen LogP contribution < -0.4 is 5.32 Å². The van der Waals surface area contributed by atoms with E-state index < -0.39 is 5.41 Å². The summed E-state index contributed by atoms with van der Waals surface area (Å²) < 4.78 is 0.